The summed E-state index contributed by atoms with van der Waals surface area (Å²) in [5.41, 5.74) is 3.07. The Kier molecular flexibility index (Phi) is 4.07. The Labute approximate surface area is 149 Å². The Bertz CT molecular complexity index is 1030. The van der Waals surface area contributed by atoms with Crippen molar-refractivity contribution in [2.24, 2.45) is 0 Å². The highest BCUT2D eigenvalue weighted by atomic mass is 32.1. The molecule has 1 N–H and O–H groups in total. The number of hydrogen-bond donors (Lipinski definition) is 1. The SMILES string of the molecule is Cc1ccc(Cn2nccc2NC(=O)c2csc3ccccc23)cc1. The van der Waals surface area contributed by atoms with E-state index in [2.05, 4.69) is 41.6 Å². The molecule has 0 radical (unpaired) electrons. The Balaban J connectivity index is 1.56. The van der Waals surface area contributed by atoms with Crippen LogP contribution < -0.4 is 5.32 Å². The van der Waals surface area contributed by atoms with Gasteiger partial charge in [-0.1, -0.05) is 48.0 Å². The van der Waals surface area contributed by atoms with Gasteiger partial charge in [0.1, 0.15) is 5.82 Å². The molecule has 0 bridgehead atoms. The number of thiophene rings is 1. The van der Waals surface area contributed by atoms with Gasteiger partial charge in [-0.15, -0.1) is 11.3 Å². The minimum atomic E-state index is -0.108. The minimum Gasteiger partial charge on any atom is -0.307 e. The molecule has 1 amide bonds. The van der Waals surface area contributed by atoms with E-state index < -0.39 is 0 Å². The molecule has 4 rings (SSSR count). The lowest BCUT2D eigenvalue weighted by Gasteiger charge is -2.09. The van der Waals surface area contributed by atoms with E-state index in [9.17, 15) is 4.79 Å². The van der Waals surface area contributed by atoms with E-state index in [1.165, 1.54) is 5.56 Å². The van der Waals surface area contributed by atoms with Crippen LogP contribution in [-0.2, 0) is 6.54 Å². The molecule has 25 heavy (non-hydrogen) atoms. The number of anilines is 1. The molecule has 4 aromatic rings. The highest BCUT2D eigenvalue weighted by Gasteiger charge is 2.14. The quantitative estimate of drug-likeness (QED) is 0.581. The topological polar surface area (TPSA) is 46.9 Å². The fourth-order valence-electron chi connectivity index (χ4n) is 2.77. The summed E-state index contributed by atoms with van der Waals surface area (Å²) in [6.07, 6.45) is 1.70. The van der Waals surface area contributed by atoms with Crippen molar-refractivity contribution < 1.29 is 4.79 Å². The molecule has 2 heterocycles. The van der Waals surface area contributed by atoms with Crippen LogP contribution in [0.25, 0.3) is 10.1 Å². The first-order valence-corrected chi connectivity index (χ1v) is 8.93. The van der Waals surface area contributed by atoms with Crippen molar-refractivity contribution >= 4 is 33.1 Å². The molecule has 0 aliphatic heterocycles. The number of nitrogens with zero attached hydrogens (tertiary/aromatic N) is 2. The van der Waals surface area contributed by atoms with Crippen LogP contribution in [0.5, 0.6) is 0 Å². The maximum atomic E-state index is 12.7. The number of amides is 1. The van der Waals surface area contributed by atoms with Crippen LogP contribution in [0.2, 0.25) is 0 Å². The monoisotopic (exact) mass is 347 g/mol. The van der Waals surface area contributed by atoms with Crippen LogP contribution in [0, 0.1) is 6.92 Å². The summed E-state index contributed by atoms with van der Waals surface area (Å²) in [6.45, 7) is 2.68. The van der Waals surface area contributed by atoms with Gasteiger partial charge in [-0.25, -0.2) is 4.68 Å². The summed E-state index contributed by atoms with van der Waals surface area (Å²) in [6, 6.07) is 18.1. The smallest absolute Gasteiger partial charge is 0.258 e. The number of carbonyl (C=O) groups excluding carboxylic acids is 1. The molecule has 124 valence electrons. The van der Waals surface area contributed by atoms with Gasteiger partial charge >= 0.3 is 0 Å². The molecule has 0 aliphatic carbocycles. The molecule has 0 saturated carbocycles. The molecular weight excluding hydrogens is 330 g/mol. The van der Waals surface area contributed by atoms with Crippen molar-refractivity contribution in [3.63, 3.8) is 0 Å². The van der Waals surface area contributed by atoms with Crippen LogP contribution in [-0.4, -0.2) is 15.7 Å². The molecule has 0 fully saturated rings. The molecular formula is C20H17N3OS. The molecule has 0 unspecified atom stereocenters. The molecule has 5 heteroatoms. The summed E-state index contributed by atoms with van der Waals surface area (Å²) < 4.78 is 2.91. The van der Waals surface area contributed by atoms with Gasteiger partial charge in [-0.05, 0) is 18.6 Å². The fourth-order valence-corrected chi connectivity index (χ4v) is 3.71. The average molecular weight is 347 g/mol. The van der Waals surface area contributed by atoms with Crippen LogP contribution in [0.1, 0.15) is 21.5 Å². The van der Waals surface area contributed by atoms with E-state index in [4.69, 9.17) is 0 Å². The van der Waals surface area contributed by atoms with Crippen LogP contribution in [0.4, 0.5) is 5.82 Å². The van der Waals surface area contributed by atoms with Crippen LogP contribution in [0.15, 0.2) is 66.2 Å². The Morgan fingerprint density at radius 2 is 1.92 bits per heavy atom. The Morgan fingerprint density at radius 3 is 2.76 bits per heavy atom. The van der Waals surface area contributed by atoms with E-state index in [0.29, 0.717) is 17.9 Å². The zero-order valence-electron chi connectivity index (χ0n) is 13.8. The van der Waals surface area contributed by atoms with Gasteiger partial charge in [0, 0.05) is 21.5 Å². The van der Waals surface area contributed by atoms with Gasteiger partial charge in [0.2, 0.25) is 0 Å². The number of aryl methyl sites for hydroxylation is 1. The number of rotatable bonds is 4. The van der Waals surface area contributed by atoms with Gasteiger partial charge in [0.15, 0.2) is 0 Å². The lowest BCUT2D eigenvalue weighted by Crippen LogP contribution is -2.15. The van der Waals surface area contributed by atoms with Gasteiger partial charge < -0.3 is 5.32 Å². The standard InChI is InChI=1S/C20H17N3OS/c1-14-6-8-15(9-7-14)12-23-19(10-11-21-23)22-20(24)17-13-25-18-5-3-2-4-16(17)18/h2-11,13H,12H2,1H3,(H,22,24). The van der Waals surface area contributed by atoms with Crippen molar-refractivity contribution in [3.05, 3.63) is 82.9 Å². The second-order valence-electron chi connectivity index (χ2n) is 5.96. The first kappa shape index (κ1) is 15.6. The number of carbonyl (C=O) groups is 1. The zero-order valence-corrected chi connectivity index (χ0v) is 14.6. The molecule has 2 aromatic carbocycles. The van der Waals surface area contributed by atoms with Gasteiger partial charge in [-0.2, -0.15) is 5.10 Å². The maximum Gasteiger partial charge on any atom is 0.258 e. The number of aromatic nitrogens is 2. The van der Waals surface area contributed by atoms with Crippen molar-refractivity contribution in [3.8, 4) is 0 Å². The molecule has 0 spiro atoms. The Morgan fingerprint density at radius 1 is 1.12 bits per heavy atom. The third-order valence-corrected chi connectivity index (χ3v) is 5.10. The average Bonchev–Trinajstić information content (AvgIpc) is 3.24. The third-order valence-electron chi connectivity index (χ3n) is 4.14. The van der Waals surface area contributed by atoms with E-state index in [1.54, 1.807) is 22.2 Å². The van der Waals surface area contributed by atoms with Crippen molar-refractivity contribution in [2.75, 3.05) is 5.32 Å². The molecule has 0 atom stereocenters. The highest BCUT2D eigenvalue weighted by molar-refractivity contribution is 7.17. The van der Waals surface area contributed by atoms with Crippen molar-refractivity contribution in [1.29, 1.82) is 0 Å². The molecule has 4 nitrogen and oxygen atoms in total. The van der Waals surface area contributed by atoms with Crippen LogP contribution in [0.3, 0.4) is 0 Å². The van der Waals surface area contributed by atoms with E-state index in [0.717, 1.165) is 15.6 Å². The first-order valence-electron chi connectivity index (χ1n) is 8.05. The van der Waals surface area contributed by atoms with E-state index >= 15 is 0 Å². The Hall–Kier alpha value is -2.92. The van der Waals surface area contributed by atoms with Gasteiger partial charge in [-0.3, -0.25) is 4.79 Å². The largest absolute Gasteiger partial charge is 0.307 e. The number of fused-ring (bicyclic) bond motifs is 1. The van der Waals surface area contributed by atoms with Crippen molar-refractivity contribution in [2.45, 2.75) is 13.5 Å². The van der Waals surface area contributed by atoms with Gasteiger partial charge in [0.05, 0.1) is 18.3 Å². The van der Waals surface area contributed by atoms with Crippen LogP contribution >= 0.6 is 11.3 Å². The zero-order chi connectivity index (χ0) is 17.2. The minimum absolute atomic E-state index is 0.108. The first-order chi connectivity index (χ1) is 12.2. The second-order valence-corrected chi connectivity index (χ2v) is 6.87. The normalized spacial score (nSPS) is 10.9. The van der Waals surface area contributed by atoms with Crippen molar-refractivity contribution in [1.82, 2.24) is 9.78 Å². The maximum absolute atomic E-state index is 12.7. The molecule has 0 aliphatic rings. The predicted octanol–water partition coefficient (Wildman–Crippen LogP) is 4.71. The van der Waals surface area contributed by atoms with E-state index in [1.807, 2.05) is 35.7 Å². The lowest BCUT2D eigenvalue weighted by atomic mass is 10.1. The predicted molar refractivity (Wildman–Crippen MR) is 102 cm³/mol. The number of benzene rings is 2. The second kappa shape index (κ2) is 6.53. The fraction of sp³-hybridized carbons (Fsp3) is 0.100. The summed E-state index contributed by atoms with van der Waals surface area (Å²) in [7, 11) is 0. The number of hydrogen-bond acceptors (Lipinski definition) is 3. The highest BCUT2D eigenvalue weighted by Crippen LogP contribution is 2.26. The summed E-state index contributed by atoms with van der Waals surface area (Å²) in [5.74, 6) is 0.587. The summed E-state index contributed by atoms with van der Waals surface area (Å²) >= 11 is 1.58. The van der Waals surface area contributed by atoms with Gasteiger partial charge in [0.25, 0.3) is 5.91 Å². The molecule has 0 saturated heterocycles. The third kappa shape index (κ3) is 3.19. The summed E-state index contributed by atoms with van der Waals surface area (Å²) in [5, 5.41) is 10.2. The van der Waals surface area contributed by atoms with E-state index in [-0.39, 0.29) is 5.91 Å². The summed E-state index contributed by atoms with van der Waals surface area (Å²) in [4.78, 5) is 12.7. The number of nitrogens with one attached hydrogen (secondary N) is 1. The lowest BCUT2D eigenvalue weighted by molar-refractivity contribution is 0.102. The molecule has 2 aromatic heterocycles.